The molecule has 144 valence electrons. The van der Waals surface area contributed by atoms with Gasteiger partial charge >= 0.3 is 5.97 Å². The molecule has 3 aromatic carbocycles. The second-order valence-electron chi connectivity index (χ2n) is 8.02. The monoisotopic (exact) mass is 391 g/mol. The highest BCUT2D eigenvalue weighted by atomic mass is 31.2. The number of aliphatic carboxylic acids is 1. The summed E-state index contributed by atoms with van der Waals surface area (Å²) in [4.78, 5) is 11.4. The van der Waals surface area contributed by atoms with Gasteiger partial charge in [0.1, 0.15) is 23.2 Å². The molecular weight excluding hydrogens is 363 g/mol. The van der Waals surface area contributed by atoms with Crippen molar-refractivity contribution < 1.29 is 9.90 Å². The molecule has 0 aromatic heterocycles. The highest BCUT2D eigenvalue weighted by Gasteiger charge is 2.46. The van der Waals surface area contributed by atoms with Crippen LogP contribution < -0.4 is 15.9 Å². The molecule has 0 aliphatic heterocycles. The summed E-state index contributed by atoms with van der Waals surface area (Å²) in [7, 11) is -1.89. The van der Waals surface area contributed by atoms with Gasteiger partial charge in [0.25, 0.3) is 0 Å². The largest absolute Gasteiger partial charge is 0.481 e. The topological polar surface area (TPSA) is 37.3 Å². The van der Waals surface area contributed by atoms with Crippen LogP contribution in [0, 0.1) is 5.41 Å². The van der Waals surface area contributed by atoms with Crippen LogP contribution in [0.5, 0.6) is 0 Å². The Morgan fingerprint density at radius 2 is 1.11 bits per heavy atom. The molecule has 3 aromatic rings. The van der Waals surface area contributed by atoms with E-state index in [-0.39, 0.29) is 11.8 Å². The number of rotatable bonds is 8. The predicted molar refractivity (Wildman–Crippen MR) is 121 cm³/mol. The van der Waals surface area contributed by atoms with E-state index in [1.165, 1.54) is 15.9 Å². The van der Waals surface area contributed by atoms with E-state index in [0.717, 1.165) is 12.6 Å². The third kappa shape index (κ3) is 4.51. The van der Waals surface area contributed by atoms with Crippen molar-refractivity contribution in [3.63, 3.8) is 0 Å². The molecule has 0 aliphatic carbocycles. The predicted octanol–water partition coefficient (Wildman–Crippen LogP) is 4.87. The Morgan fingerprint density at radius 1 is 0.750 bits per heavy atom. The summed E-state index contributed by atoms with van der Waals surface area (Å²) in [5.74, 6) is -0.729. The molecule has 3 heteroatoms. The minimum Gasteiger partial charge on any atom is -0.481 e. The van der Waals surface area contributed by atoms with Crippen LogP contribution in [0.1, 0.15) is 26.7 Å². The number of carboxylic acids is 1. The van der Waals surface area contributed by atoms with Crippen LogP contribution in [-0.2, 0) is 4.79 Å². The molecule has 0 saturated carbocycles. The molecule has 0 spiro atoms. The average molecular weight is 391 g/mol. The highest BCUT2D eigenvalue weighted by Crippen LogP contribution is 2.57. The minimum atomic E-state index is -1.89. The van der Waals surface area contributed by atoms with Crippen LogP contribution >= 0.6 is 7.26 Å². The summed E-state index contributed by atoms with van der Waals surface area (Å²) in [6, 6.07) is 32.2. The Balaban J connectivity index is 2.15. The Hall–Kier alpha value is -2.44. The summed E-state index contributed by atoms with van der Waals surface area (Å²) >= 11 is 0. The lowest BCUT2D eigenvalue weighted by Gasteiger charge is -2.31. The van der Waals surface area contributed by atoms with Crippen LogP contribution in [0.25, 0.3) is 0 Å². The Bertz CT molecular complexity index is 793. The van der Waals surface area contributed by atoms with E-state index < -0.39 is 13.2 Å². The molecule has 2 nitrogen and oxygen atoms in total. The van der Waals surface area contributed by atoms with Crippen molar-refractivity contribution in [3.05, 3.63) is 91.0 Å². The van der Waals surface area contributed by atoms with Gasteiger partial charge in [-0.1, -0.05) is 68.4 Å². The number of hydrogen-bond donors (Lipinski definition) is 1. The molecule has 0 radical (unpaired) electrons. The molecule has 1 N–H and O–H groups in total. The fourth-order valence-corrected chi connectivity index (χ4v) is 8.50. The maximum atomic E-state index is 11.4. The lowest BCUT2D eigenvalue weighted by atomic mass is 9.87. The Morgan fingerprint density at radius 3 is 1.43 bits per heavy atom. The number of benzene rings is 3. The molecular formula is C25H28O2P+. The first kappa shape index (κ1) is 20.3. The Labute approximate surface area is 168 Å². The summed E-state index contributed by atoms with van der Waals surface area (Å²) < 4.78 is 0. The lowest BCUT2D eigenvalue weighted by molar-refractivity contribution is -0.139. The van der Waals surface area contributed by atoms with Gasteiger partial charge in [0, 0.05) is 0 Å². The van der Waals surface area contributed by atoms with E-state index in [1.807, 2.05) is 0 Å². The number of hydrogen-bond acceptors (Lipinski definition) is 1. The van der Waals surface area contributed by atoms with Gasteiger partial charge < -0.3 is 5.11 Å². The second kappa shape index (κ2) is 8.71. The molecule has 0 bridgehead atoms. The lowest BCUT2D eigenvalue weighted by Crippen LogP contribution is -2.35. The molecule has 0 atom stereocenters. The molecule has 3 rings (SSSR count). The maximum absolute atomic E-state index is 11.4. The summed E-state index contributed by atoms with van der Waals surface area (Å²) in [6.07, 6.45) is 1.99. The summed E-state index contributed by atoms with van der Waals surface area (Å²) in [5, 5.41) is 13.4. The van der Waals surface area contributed by atoms with Crippen molar-refractivity contribution in [2.24, 2.45) is 5.41 Å². The zero-order valence-corrected chi connectivity index (χ0v) is 17.5. The third-order valence-corrected chi connectivity index (χ3v) is 9.78. The average Bonchev–Trinajstić information content (AvgIpc) is 2.70. The molecule has 0 heterocycles. The number of carboxylic acid groups (broad SMARTS) is 1. The third-order valence-electron chi connectivity index (χ3n) is 5.34. The van der Waals surface area contributed by atoms with Crippen molar-refractivity contribution in [3.8, 4) is 0 Å². The fraction of sp³-hybridized carbons (Fsp3) is 0.240. The zero-order valence-electron chi connectivity index (χ0n) is 16.6. The van der Waals surface area contributed by atoms with Crippen molar-refractivity contribution in [1.29, 1.82) is 0 Å². The van der Waals surface area contributed by atoms with E-state index in [4.69, 9.17) is 0 Å². The van der Waals surface area contributed by atoms with Crippen molar-refractivity contribution in [2.75, 3.05) is 6.16 Å². The van der Waals surface area contributed by atoms with Gasteiger partial charge in [0.05, 0.1) is 12.6 Å². The van der Waals surface area contributed by atoms with E-state index in [2.05, 4.69) is 105 Å². The van der Waals surface area contributed by atoms with E-state index in [9.17, 15) is 9.90 Å². The van der Waals surface area contributed by atoms with Crippen molar-refractivity contribution in [2.45, 2.75) is 26.7 Å². The minimum absolute atomic E-state index is 0.186. The van der Waals surface area contributed by atoms with Gasteiger partial charge in [-0.3, -0.25) is 4.79 Å². The number of carbonyl (C=O) groups is 1. The summed E-state index contributed by atoms with van der Waals surface area (Å²) in [5.41, 5.74) is -0.255. The first-order valence-corrected chi connectivity index (χ1v) is 11.7. The maximum Gasteiger partial charge on any atom is 0.303 e. The Kier molecular flexibility index (Phi) is 6.31. The summed E-state index contributed by atoms with van der Waals surface area (Å²) in [6.45, 7) is 4.13. The van der Waals surface area contributed by atoms with E-state index in [0.29, 0.717) is 0 Å². The van der Waals surface area contributed by atoms with Gasteiger partial charge in [-0.25, -0.2) is 0 Å². The first-order chi connectivity index (χ1) is 13.4. The van der Waals surface area contributed by atoms with Crippen LogP contribution in [0.15, 0.2) is 91.0 Å². The van der Waals surface area contributed by atoms with E-state index in [1.54, 1.807) is 0 Å². The SMILES string of the molecule is CC(C)(CC[P+](c1ccccc1)(c1ccccc1)c1ccccc1)CC(=O)O. The van der Waals surface area contributed by atoms with Crippen molar-refractivity contribution >= 4 is 29.1 Å². The van der Waals surface area contributed by atoms with Crippen LogP contribution in [-0.4, -0.2) is 17.2 Å². The normalized spacial score (nSPS) is 11.9. The molecule has 0 aliphatic rings. The smallest absolute Gasteiger partial charge is 0.303 e. The van der Waals surface area contributed by atoms with E-state index >= 15 is 0 Å². The zero-order chi connectivity index (χ0) is 20.0. The van der Waals surface area contributed by atoms with Crippen LogP contribution in [0.4, 0.5) is 0 Å². The van der Waals surface area contributed by atoms with Crippen LogP contribution in [0.3, 0.4) is 0 Å². The van der Waals surface area contributed by atoms with Gasteiger partial charge in [0.2, 0.25) is 0 Å². The molecule has 0 fully saturated rings. The molecule has 28 heavy (non-hydrogen) atoms. The van der Waals surface area contributed by atoms with Crippen LogP contribution in [0.2, 0.25) is 0 Å². The first-order valence-electron chi connectivity index (χ1n) is 9.71. The van der Waals surface area contributed by atoms with Gasteiger partial charge in [-0.15, -0.1) is 0 Å². The van der Waals surface area contributed by atoms with Crippen molar-refractivity contribution in [1.82, 2.24) is 0 Å². The quantitative estimate of drug-likeness (QED) is 0.556. The van der Waals surface area contributed by atoms with Gasteiger partial charge in [0.15, 0.2) is 0 Å². The van der Waals surface area contributed by atoms with Gasteiger partial charge in [-0.05, 0) is 48.2 Å². The van der Waals surface area contributed by atoms with Gasteiger partial charge in [-0.2, -0.15) is 0 Å². The fourth-order valence-electron chi connectivity index (χ4n) is 3.85. The molecule has 0 saturated heterocycles. The molecule has 0 amide bonds. The molecule has 0 unspecified atom stereocenters. The highest BCUT2D eigenvalue weighted by molar-refractivity contribution is 7.95. The standard InChI is InChI=1S/C25H27O2P/c1-25(2,20-24(26)27)18-19-28(21-12-6-3-7-13-21,22-14-8-4-9-15-22)23-16-10-5-11-17-23/h3-17H,18-20H2,1-2H3/p+1. The second-order valence-corrected chi connectivity index (χ2v) is 11.6.